The molecule has 142 valence electrons. The zero-order chi connectivity index (χ0) is 19.7. The van der Waals surface area contributed by atoms with Crippen molar-refractivity contribution < 1.29 is 9.13 Å². The van der Waals surface area contributed by atoms with Gasteiger partial charge in [0.2, 0.25) is 0 Å². The van der Waals surface area contributed by atoms with E-state index in [2.05, 4.69) is 25.3 Å². The number of nitrogens with zero attached hydrogens (tertiary/aromatic N) is 3. The third-order valence-corrected chi connectivity index (χ3v) is 4.59. The number of anilines is 1. The predicted molar refractivity (Wildman–Crippen MR) is 107 cm³/mol. The highest BCUT2D eigenvalue weighted by Gasteiger charge is 2.16. The van der Waals surface area contributed by atoms with E-state index in [1.54, 1.807) is 25.4 Å². The monoisotopic (exact) mass is 377 g/mol. The summed E-state index contributed by atoms with van der Waals surface area (Å²) in [5, 5.41) is 4.25. The molecule has 7 heteroatoms. The summed E-state index contributed by atoms with van der Waals surface area (Å²) in [6.45, 7) is 3.97. The summed E-state index contributed by atoms with van der Waals surface area (Å²) in [6.07, 6.45) is 3.30. The topological polar surface area (TPSA) is 75.7 Å². The Labute approximate surface area is 161 Å². The Kier molecular flexibility index (Phi) is 4.65. The third-order valence-electron chi connectivity index (χ3n) is 4.59. The number of methoxy groups -OCH3 is 1. The van der Waals surface area contributed by atoms with Crippen molar-refractivity contribution in [2.45, 2.75) is 19.9 Å². The van der Waals surface area contributed by atoms with Gasteiger partial charge in [0.25, 0.3) is 0 Å². The fourth-order valence-corrected chi connectivity index (χ4v) is 3.18. The quantitative estimate of drug-likeness (QED) is 0.529. The Morgan fingerprint density at radius 1 is 1.11 bits per heavy atom. The van der Waals surface area contributed by atoms with Crippen LogP contribution >= 0.6 is 0 Å². The van der Waals surface area contributed by atoms with E-state index < -0.39 is 0 Å². The third kappa shape index (κ3) is 3.38. The predicted octanol–water partition coefficient (Wildman–Crippen LogP) is 4.65. The van der Waals surface area contributed by atoms with Crippen molar-refractivity contribution in [3.63, 3.8) is 0 Å². The molecule has 6 nitrogen and oxygen atoms in total. The number of aryl methyl sites for hydroxylation is 1. The van der Waals surface area contributed by atoms with Crippen molar-refractivity contribution >= 4 is 16.7 Å². The van der Waals surface area contributed by atoms with E-state index in [4.69, 9.17) is 4.74 Å². The zero-order valence-corrected chi connectivity index (χ0v) is 15.8. The maximum Gasteiger partial charge on any atom is 0.138 e. The van der Waals surface area contributed by atoms with Crippen molar-refractivity contribution in [2.75, 3.05) is 12.4 Å². The molecule has 1 unspecified atom stereocenters. The lowest BCUT2D eigenvalue weighted by atomic mass is 10.00. The van der Waals surface area contributed by atoms with Gasteiger partial charge in [-0.2, -0.15) is 0 Å². The molecule has 0 saturated heterocycles. The Balaban J connectivity index is 1.86. The first-order chi connectivity index (χ1) is 13.5. The highest BCUT2D eigenvalue weighted by molar-refractivity contribution is 6.02. The molecule has 1 atom stereocenters. The molecule has 0 saturated carbocycles. The van der Waals surface area contributed by atoms with Crippen LogP contribution in [-0.2, 0) is 0 Å². The van der Waals surface area contributed by atoms with Gasteiger partial charge in [0, 0.05) is 18.0 Å². The lowest BCUT2D eigenvalue weighted by molar-refractivity contribution is 0.415. The summed E-state index contributed by atoms with van der Waals surface area (Å²) in [5.74, 6) is 1.88. The largest absolute Gasteiger partial charge is 0.497 e. The molecule has 0 fully saturated rings. The van der Waals surface area contributed by atoms with Gasteiger partial charge in [-0.3, -0.25) is 0 Å². The minimum Gasteiger partial charge on any atom is -0.497 e. The van der Waals surface area contributed by atoms with Crippen molar-refractivity contribution in [3.05, 3.63) is 66.3 Å². The van der Waals surface area contributed by atoms with Crippen LogP contribution in [0.5, 0.6) is 5.75 Å². The van der Waals surface area contributed by atoms with Gasteiger partial charge < -0.3 is 15.0 Å². The summed E-state index contributed by atoms with van der Waals surface area (Å²) in [5.41, 5.74) is 3.44. The van der Waals surface area contributed by atoms with Crippen molar-refractivity contribution in [3.8, 4) is 16.9 Å². The van der Waals surface area contributed by atoms with Crippen LogP contribution in [0, 0.1) is 12.7 Å². The maximum absolute atomic E-state index is 13.4. The molecular weight excluding hydrogens is 357 g/mol. The number of halogens is 1. The first-order valence-corrected chi connectivity index (χ1v) is 8.92. The summed E-state index contributed by atoms with van der Waals surface area (Å²) >= 11 is 0. The molecule has 0 aliphatic rings. The molecule has 2 aromatic carbocycles. The van der Waals surface area contributed by atoms with Gasteiger partial charge in [-0.05, 0) is 43.2 Å². The zero-order valence-electron chi connectivity index (χ0n) is 15.8. The number of hydrogen-bond donors (Lipinski definition) is 2. The molecular formula is C21H20FN5O. The Bertz CT molecular complexity index is 1120. The number of H-pyrrole nitrogens is 1. The van der Waals surface area contributed by atoms with E-state index in [9.17, 15) is 4.39 Å². The van der Waals surface area contributed by atoms with Gasteiger partial charge in [0.05, 0.1) is 24.1 Å². The SMILES string of the molecule is COc1cc(-c2ccc(F)cc2)c2c(NC(C)c3ncc(C)[nH]3)ncnc2c1. The first-order valence-electron chi connectivity index (χ1n) is 8.92. The van der Waals surface area contributed by atoms with Gasteiger partial charge in [0.15, 0.2) is 0 Å². The summed E-state index contributed by atoms with van der Waals surface area (Å²) < 4.78 is 18.9. The molecule has 2 N–H and O–H groups in total. The smallest absolute Gasteiger partial charge is 0.138 e. The van der Waals surface area contributed by atoms with E-state index in [1.165, 1.54) is 18.5 Å². The molecule has 0 aliphatic carbocycles. The van der Waals surface area contributed by atoms with Gasteiger partial charge >= 0.3 is 0 Å². The number of fused-ring (bicyclic) bond motifs is 1. The summed E-state index contributed by atoms with van der Waals surface area (Å²) in [6, 6.07) is 10.0. The second kappa shape index (κ2) is 7.26. The number of aromatic nitrogens is 4. The van der Waals surface area contributed by atoms with E-state index in [-0.39, 0.29) is 11.9 Å². The fourth-order valence-electron chi connectivity index (χ4n) is 3.18. The van der Waals surface area contributed by atoms with Crippen LogP contribution < -0.4 is 10.1 Å². The van der Waals surface area contributed by atoms with Gasteiger partial charge in [-0.1, -0.05) is 12.1 Å². The Hall–Kier alpha value is -3.48. The molecule has 0 radical (unpaired) electrons. The second-order valence-electron chi connectivity index (χ2n) is 6.62. The van der Waals surface area contributed by atoms with E-state index in [1.807, 2.05) is 26.0 Å². The Morgan fingerprint density at radius 3 is 2.57 bits per heavy atom. The maximum atomic E-state index is 13.4. The van der Waals surface area contributed by atoms with Gasteiger partial charge in [-0.25, -0.2) is 19.3 Å². The Morgan fingerprint density at radius 2 is 1.89 bits per heavy atom. The molecule has 4 rings (SSSR count). The molecule has 0 aliphatic heterocycles. The van der Waals surface area contributed by atoms with Crippen LogP contribution in [0.2, 0.25) is 0 Å². The van der Waals surface area contributed by atoms with E-state index in [0.29, 0.717) is 11.6 Å². The lowest BCUT2D eigenvalue weighted by Gasteiger charge is -2.17. The average Bonchev–Trinajstić information content (AvgIpc) is 3.14. The second-order valence-corrected chi connectivity index (χ2v) is 6.62. The highest BCUT2D eigenvalue weighted by Crippen LogP contribution is 2.36. The number of ether oxygens (including phenoxy) is 1. The molecule has 4 aromatic rings. The summed E-state index contributed by atoms with van der Waals surface area (Å²) in [4.78, 5) is 16.5. The molecule has 0 amide bonds. The highest BCUT2D eigenvalue weighted by atomic mass is 19.1. The van der Waals surface area contributed by atoms with Crippen LogP contribution in [0.4, 0.5) is 10.2 Å². The number of nitrogens with one attached hydrogen (secondary N) is 2. The fraction of sp³-hybridized carbons (Fsp3) is 0.190. The molecule has 2 heterocycles. The molecule has 0 spiro atoms. The number of imidazole rings is 1. The lowest BCUT2D eigenvalue weighted by Crippen LogP contribution is -2.10. The molecule has 2 aromatic heterocycles. The van der Waals surface area contributed by atoms with Gasteiger partial charge in [0.1, 0.15) is 29.5 Å². The van der Waals surface area contributed by atoms with E-state index in [0.717, 1.165) is 33.5 Å². The van der Waals surface area contributed by atoms with Crippen molar-refractivity contribution in [1.29, 1.82) is 0 Å². The average molecular weight is 377 g/mol. The normalized spacial score (nSPS) is 12.1. The van der Waals surface area contributed by atoms with Crippen LogP contribution in [0.25, 0.3) is 22.0 Å². The van der Waals surface area contributed by atoms with Crippen LogP contribution in [-0.4, -0.2) is 27.0 Å². The summed E-state index contributed by atoms with van der Waals surface area (Å²) in [7, 11) is 1.61. The van der Waals surface area contributed by atoms with E-state index >= 15 is 0 Å². The van der Waals surface area contributed by atoms with Gasteiger partial charge in [-0.15, -0.1) is 0 Å². The van der Waals surface area contributed by atoms with Crippen LogP contribution in [0.1, 0.15) is 24.5 Å². The standard InChI is InChI=1S/C21H20FN5O/c1-12-10-23-20(26-12)13(2)27-21-19-17(14-4-6-15(22)7-5-14)8-16(28-3)9-18(19)24-11-25-21/h4-11,13H,1-3H3,(H,23,26)(H,24,25,27). The number of benzene rings is 2. The van der Waals surface area contributed by atoms with Crippen molar-refractivity contribution in [1.82, 2.24) is 19.9 Å². The first kappa shape index (κ1) is 17.9. The minimum atomic E-state index is -0.285. The minimum absolute atomic E-state index is 0.0880. The van der Waals surface area contributed by atoms with Crippen LogP contribution in [0.3, 0.4) is 0 Å². The number of aromatic amines is 1. The number of hydrogen-bond acceptors (Lipinski definition) is 5. The molecule has 0 bridgehead atoms. The van der Waals surface area contributed by atoms with Crippen LogP contribution in [0.15, 0.2) is 48.9 Å². The van der Waals surface area contributed by atoms with Crippen molar-refractivity contribution in [2.24, 2.45) is 0 Å². The molecule has 28 heavy (non-hydrogen) atoms. The number of rotatable bonds is 5.